The van der Waals surface area contributed by atoms with Gasteiger partial charge in [-0.25, -0.2) is 4.79 Å². The number of fused-ring (bicyclic) bond motifs is 1. The molecule has 2 aromatic carbocycles. The molecule has 5 nitrogen and oxygen atoms in total. The van der Waals surface area contributed by atoms with Gasteiger partial charge in [-0.1, -0.05) is 12.1 Å². The predicted octanol–water partition coefficient (Wildman–Crippen LogP) is 2.59. The van der Waals surface area contributed by atoms with E-state index in [1.165, 1.54) is 19.3 Å². The number of phenolic OH excluding ortho intramolecular Hbond substituents is 1. The number of hydrogen-bond donors (Lipinski definition) is 1. The number of ether oxygens (including phenoxy) is 2. The first-order valence-electron chi connectivity index (χ1n) is 6.55. The highest BCUT2D eigenvalue weighted by Crippen LogP contribution is 2.31. The van der Waals surface area contributed by atoms with Crippen LogP contribution in [0.4, 0.5) is 0 Å². The van der Waals surface area contributed by atoms with E-state index in [1.807, 2.05) is 0 Å². The average Bonchev–Trinajstić information content (AvgIpc) is 2.52. The Bertz CT molecular complexity index is 804. The minimum Gasteiger partial charge on any atom is -0.507 e. The third-order valence-corrected chi connectivity index (χ3v) is 3.34. The molecule has 0 atom stereocenters. The second kappa shape index (κ2) is 5.37. The summed E-state index contributed by atoms with van der Waals surface area (Å²) in [6, 6.07) is 11.1. The number of methoxy groups -OCH3 is 1. The van der Waals surface area contributed by atoms with Crippen molar-refractivity contribution >= 4 is 17.8 Å². The number of esters is 1. The average molecular weight is 296 g/mol. The number of carbonyl (C=O) groups is 2. The van der Waals surface area contributed by atoms with Crippen LogP contribution in [-0.2, 0) is 4.79 Å². The van der Waals surface area contributed by atoms with Crippen LogP contribution in [0.25, 0.3) is 6.08 Å². The van der Waals surface area contributed by atoms with Crippen molar-refractivity contribution in [2.75, 3.05) is 7.11 Å². The molecule has 1 aliphatic rings. The highest BCUT2D eigenvalue weighted by Gasteiger charge is 2.30. The maximum Gasteiger partial charge on any atom is 0.347 e. The second-order valence-corrected chi connectivity index (χ2v) is 4.70. The molecule has 0 spiro atoms. The Kier molecular flexibility index (Phi) is 3.39. The fraction of sp³-hybridized carbons (Fsp3) is 0.0588. The van der Waals surface area contributed by atoms with Crippen molar-refractivity contribution in [1.82, 2.24) is 0 Å². The van der Waals surface area contributed by atoms with Crippen LogP contribution in [0.2, 0.25) is 0 Å². The number of ketones is 1. The summed E-state index contributed by atoms with van der Waals surface area (Å²) in [5.74, 6) is -0.538. The lowest BCUT2D eigenvalue weighted by Gasteiger charge is -2.16. The number of para-hydroxylation sites is 1. The summed E-state index contributed by atoms with van der Waals surface area (Å²) in [7, 11) is 1.48. The Morgan fingerprint density at radius 2 is 1.91 bits per heavy atom. The number of hydrogen-bond acceptors (Lipinski definition) is 5. The summed E-state index contributed by atoms with van der Waals surface area (Å²) >= 11 is 0. The molecule has 0 fully saturated rings. The molecule has 110 valence electrons. The van der Waals surface area contributed by atoms with Gasteiger partial charge in [-0.15, -0.1) is 0 Å². The van der Waals surface area contributed by atoms with Gasteiger partial charge in [0, 0.05) is 11.6 Å². The zero-order valence-electron chi connectivity index (χ0n) is 11.7. The van der Waals surface area contributed by atoms with Crippen molar-refractivity contribution < 1.29 is 24.2 Å². The third kappa shape index (κ3) is 2.33. The van der Waals surface area contributed by atoms with Gasteiger partial charge in [-0.05, 0) is 30.3 Å². The first-order valence-corrected chi connectivity index (χ1v) is 6.55. The fourth-order valence-electron chi connectivity index (χ4n) is 2.19. The van der Waals surface area contributed by atoms with E-state index in [9.17, 15) is 14.7 Å². The first-order chi connectivity index (χ1) is 10.6. The van der Waals surface area contributed by atoms with Crippen LogP contribution in [0, 0.1) is 0 Å². The molecule has 0 saturated heterocycles. The molecular formula is C17H12O5. The molecule has 1 heterocycles. The standard InChI is InChI=1S/C17H12O5/c1-21-11-7-6-10(14(18)9-11)8-13-16(19)12-4-2-3-5-15(12)22-17(13)20/h2-9,18H,1H3/b13-8+. The minimum absolute atomic E-state index is 0.0914. The number of carbonyl (C=O) groups excluding carboxylic acids is 2. The summed E-state index contributed by atoms with van der Waals surface area (Å²) in [6.07, 6.45) is 1.31. The SMILES string of the molecule is COc1ccc(/C=C2/C(=O)Oc3ccccc3C2=O)c(O)c1. The first kappa shape index (κ1) is 13.9. The van der Waals surface area contributed by atoms with Gasteiger partial charge >= 0.3 is 5.97 Å². The van der Waals surface area contributed by atoms with Crippen LogP contribution in [0.3, 0.4) is 0 Å². The van der Waals surface area contributed by atoms with Gasteiger partial charge in [0.05, 0.1) is 12.7 Å². The van der Waals surface area contributed by atoms with E-state index in [2.05, 4.69) is 0 Å². The predicted molar refractivity (Wildman–Crippen MR) is 79.0 cm³/mol. The van der Waals surface area contributed by atoms with Gasteiger partial charge < -0.3 is 14.6 Å². The van der Waals surface area contributed by atoms with Gasteiger partial charge in [0.15, 0.2) is 0 Å². The normalized spacial score (nSPS) is 15.4. The molecule has 0 unspecified atom stereocenters. The quantitative estimate of drug-likeness (QED) is 0.399. The maximum atomic E-state index is 12.4. The van der Waals surface area contributed by atoms with Crippen molar-refractivity contribution in [3.05, 3.63) is 59.2 Å². The summed E-state index contributed by atoms with van der Waals surface area (Å²) in [5.41, 5.74) is 0.529. The van der Waals surface area contributed by atoms with Crippen LogP contribution in [0.5, 0.6) is 17.2 Å². The Balaban J connectivity index is 2.05. The third-order valence-electron chi connectivity index (χ3n) is 3.34. The number of aromatic hydroxyl groups is 1. The van der Waals surface area contributed by atoms with E-state index in [1.54, 1.807) is 36.4 Å². The number of Topliss-reactive ketones (excluding diaryl/α,β-unsaturated/α-hetero) is 1. The monoisotopic (exact) mass is 296 g/mol. The van der Waals surface area contributed by atoms with Gasteiger partial charge in [0.25, 0.3) is 0 Å². The zero-order valence-corrected chi connectivity index (χ0v) is 11.7. The molecule has 0 amide bonds. The zero-order chi connectivity index (χ0) is 15.7. The van der Waals surface area contributed by atoms with E-state index in [0.29, 0.717) is 16.9 Å². The summed E-state index contributed by atoms with van der Waals surface area (Å²) < 4.78 is 10.1. The molecule has 0 aromatic heterocycles. The van der Waals surface area contributed by atoms with E-state index in [0.717, 1.165) is 0 Å². The van der Waals surface area contributed by atoms with E-state index < -0.39 is 11.8 Å². The number of rotatable bonds is 2. The molecule has 2 aromatic rings. The van der Waals surface area contributed by atoms with Crippen molar-refractivity contribution in [2.45, 2.75) is 0 Å². The largest absolute Gasteiger partial charge is 0.507 e. The van der Waals surface area contributed by atoms with Crippen LogP contribution in [0.15, 0.2) is 48.0 Å². The molecule has 1 aliphatic heterocycles. The summed E-state index contributed by atoms with van der Waals surface area (Å²) in [4.78, 5) is 24.4. The van der Waals surface area contributed by atoms with Gasteiger partial charge in [0.1, 0.15) is 22.8 Å². The maximum absolute atomic E-state index is 12.4. The highest BCUT2D eigenvalue weighted by atomic mass is 16.5. The fourth-order valence-corrected chi connectivity index (χ4v) is 2.19. The molecule has 0 aliphatic carbocycles. The Morgan fingerprint density at radius 1 is 1.14 bits per heavy atom. The lowest BCUT2D eigenvalue weighted by molar-refractivity contribution is -0.130. The molecular weight excluding hydrogens is 284 g/mol. The van der Waals surface area contributed by atoms with Crippen molar-refractivity contribution in [3.63, 3.8) is 0 Å². The number of benzene rings is 2. The lowest BCUT2D eigenvalue weighted by atomic mass is 9.97. The van der Waals surface area contributed by atoms with Crippen LogP contribution in [0.1, 0.15) is 15.9 Å². The Hall–Kier alpha value is -3.08. The van der Waals surface area contributed by atoms with Crippen molar-refractivity contribution in [3.8, 4) is 17.2 Å². The highest BCUT2D eigenvalue weighted by molar-refractivity contribution is 6.30. The van der Waals surface area contributed by atoms with Crippen LogP contribution < -0.4 is 9.47 Å². The Labute approximate surface area is 126 Å². The molecule has 22 heavy (non-hydrogen) atoms. The lowest BCUT2D eigenvalue weighted by Crippen LogP contribution is -2.24. The van der Waals surface area contributed by atoms with Crippen LogP contribution in [-0.4, -0.2) is 24.0 Å². The molecule has 3 rings (SSSR count). The van der Waals surface area contributed by atoms with Gasteiger partial charge in [0.2, 0.25) is 5.78 Å². The smallest absolute Gasteiger partial charge is 0.347 e. The van der Waals surface area contributed by atoms with E-state index in [4.69, 9.17) is 9.47 Å². The van der Waals surface area contributed by atoms with Crippen molar-refractivity contribution in [1.29, 1.82) is 0 Å². The van der Waals surface area contributed by atoms with Gasteiger partial charge in [-0.3, -0.25) is 4.79 Å². The number of phenols is 1. The summed E-state index contributed by atoms with van der Waals surface area (Å²) in [6.45, 7) is 0. The van der Waals surface area contributed by atoms with Gasteiger partial charge in [-0.2, -0.15) is 0 Å². The van der Waals surface area contributed by atoms with Crippen LogP contribution >= 0.6 is 0 Å². The molecule has 0 saturated carbocycles. The van der Waals surface area contributed by atoms with Crippen molar-refractivity contribution in [2.24, 2.45) is 0 Å². The van der Waals surface area contributed by atoms with E-state index in [-0.39, 0.29) is 17.1 Å². The molecule has 0 radical (unpaired) electrons. The second-order valence-electron chi connectivity index (χ2n) is 4.70. The molecule has 0 bridgehead atoms. The van der Waals surface area contributed by atoms with E-state index >= 15 is 0 Å². The summed E-state index contributed by atoms with van der Waals surface area (Å²) in [5, 5.41) is 9.93. The molecule has 5 heteroatoms. The Morgan fingerprint density at radius 3 is 2.64 bits per heavy atom. The molecule has 1 N–H and O–H groups in total. The minimum atomic E-state index is -0.737. The topological polar surface area (TPSA) is 72.8 Å².